The van der Waals surface area contributed by atoms with Crippen LogP contribution >= 0.6 is 0 Å². The first-order valence-corrected chi connectivity index (χ1v) is 4.88. The van der Waals surface area contributed by atoms with Crippen LogP contribution in [0.4, 0.5) is 4.39 Å². The Morgan fingerprint density at radius 1 is 1.40 bits per heavy atom. The fourth-order valence-corrected chi connectivity index (χ4v) is 1.23. The van der Waals surface area contributed by atoms with E-state index in [2.05, 4.69) is 0 Å². The standard InChI is InChI=1S/C11H16FNO2/c1-14-11-4-3-10(12)7-9(11)8-15-6-2-5-13/h3-4,7H,2,5-6,8,13H2,1H3. The minimum atomic E-state index is -0.284. The van der Waals surface area contributed by atoms with E-state index in [1.54, 1.807) is 13.2 Å². The van der Waals surface area contributed by atoms with Gasteiger partial charge >= 0.3 is 0 Å². The van der Waals surface area contributed by atoms with Crippen molar-refractivity contribution in [3.05, 3.63) is 29.6 Å². The molecule has 0 amide bonds. The summed E-state index contributed by atoms with van der Waals surface area (Å²) in [5.41, 5.74) is 6.04. The molecule has 0 aromatic heterocycles. The molecule has 0 bridgehead atoms. The second-order valence-corrected chi connectivity index (χ2v) is 3.15. The maximum atomic E-state index is 12.9. The lowest BCUT2D eigenvalue weighted by Gasteiger charge is -2.08. The Kier molecular flexibility index (Phi) is 5.07. The van der Waals surface area contributed by atoms with Crippen molar-refractivity contribution in [2.45, 2.75) is 13.0 Å². The first-order valence-electron chi connectivity index (χ1n) is 4.88. The summed E-state index contributed by atoms with van der Waals surface area (Å²) >= 11 is 0. The molecule has 0 saturated carbocycles. The Morgan fingerprint density at radius 3 is 2.87 bits per heavy atom. The smallest absolute Gasteiger partial charge is 0.124 e. The molecule has 0 atom stereocenters. The molecule has 0 unspecified atom stereocenters. The molecule has 4 heteroatoms. The van der Waals surface area contributed by atoms with Crippen LogP contribution in [-0.4, -0.2) is 20.3 Å². The van der Waals surface area contributed by atoms with Crippen molar-refractivity contribution in [3.63, 3.8) is 0 Å². The lowest BCUT2D eigenvalue weighted by atomic mass is 10.2. The number of methoxy groups -OCH3 is 1. The number of hydrogen-bond donors (Lipinski definition) is 1. The van der Waals surface area contributed by atoms with E-state index in [1.165, 1.54) is 12.1 Å². The van der Waals surface area contributed by atoms with Gasteiger partial charge in [-0.15, -0.1) is 0 Å². The molecule has 84 valence electrons. The van der Waals surface area contributed by atoms with Gasteiger partial charge in [0.15, 0.2) is 0 Å². The van der Waals surface area contributed by atoms with E-state index >= 15 is 0 Å². The van der Waals surface area contributed by atoms with E-state index in [0.29, 0.717) is 25.5 Å². The lowest BCUT2D eigenvalue weighted by Crippen LogP contribution is -2.05. The van der Waals surface area contributed by atoms with Gasteiger partial charge in [-0.25, -0.2) is 4.39 Å². The average Bonchev–Trinajstić information content (AvgIpc) is 2.25. The van der Waals surface area contributed by atoms with Crippen molar-refractivity contribution in [1.82, 2.24) is 0 Å². The van der Waals surface area contributed by atoms with Crippen LogP contribution in [0.2, 0.25) is 0 Å². The molecule has 3 nitrogen and oxygen atoms in total. The topological polar surface area (TPSA) is 44.5 Å². The maximum Gasteiger partial charge on any atom is 0.124 e. The summed E-state index contributed by atoms with van der Waals surface area (Å²) in [6, 6.07) is 4.38. The van der Waals surface area contributed by atoms with Crippen LogP contribution in [0, 0.1) is 5.82 Å². The second-order valence-electron chi connectivity index (χ2n) is 3.15. The van der Waals surface area contributed by atoms with E-state index in [1.807, 2.05) is 0 Å². The second kappa shape index (κ2) is 6.37. The largest absolute Gasteiger partial charge is 0.496 e. The molecule has 0 aliphatic rings. The number of ether oxygens (including phenoxy) is 2. The zero-order valence-electron chi connectivity index (χ0n) is 8.83. The van der Waals surface area contributed by atoms with Crippen LogP contribution in [0.5, 0.6) is 5.75 Å². The number of hydrogen-bond acceptors (Lipinski definition) is 3. The summed E-state index contributed by atoms with van der Waals surface area (Å²) in [4.78, 5) is 0. The normalized spacial score (nSPS) is 10.3. The van der Waals surface area contributed by atoms with Crippen LogP contribution in [0.15, 0.2) is 18.2 Å². The minimum absolute atomic E-state index is 0.284. The van der Waals surface area contributed by atoms with Crippen molar-refractivity contribution in [2.24, 2.45) is 5.73 Å². The van der Waals surface area contributed by atoms with E-state index in [4.69, 9.17) is 15.2 Å². The van der Waals surface area contributed by atoms with Gasteiger partial charge < -0.3 is 15.2 Å². The maximum absolute atomic E-state index is 12.9. The molecule has 0 saturated heterocycles. The monoisotopic (exact) mass is 213 g/mol. The third-order valence-electron chi connectivity index (χ3n) is 1.99. The van der Waals surface area contributed by atoms with Gasteiger partial charge in [0, 0.05) is 12.2 Å². The molecule has 2 N–H and O–H groups in total. The summed E-state index contributed by atoms with van der Waals surface area (Å²) in [7, 11) is 1.55. The van der Waals surface area contributed by atoms with Crippen LogP contribution in [0.3, 0.4) is 0 Å². The highest BCUT2D eigenvalue weighted by Gasteiger charge is 2.04. The third-order valence-corrected chi connectivity index (χ3v) is 1.99. The van der Waals surface area contributed by atoms with Crippen LogP contribution in [0.25, 0.3) is 0 Å². The number of halogens is 1. The van der Waals surface area contributed by atoms with E-state index < -0.39 is 0 Å². The lowest BCUT2D eigenvalue weighted by molar-refractivity contribution is 0.118. The molecule has 0 fully saturated rings. The highest BCUT2D eigenvalue weighted by atomic mass is 19.1. The highest BCUT2D eigenvalue weighted by molar-refractivity contribution is 5.33. The van der Waals surface area contributed by atoms with Crippen LogP contribution in [-0.2, 0) is 11.3 Å². The highest BCUT2D eigenvalue weighted by Crippen LogP contribution is 2.19. The van der Waals surface area contributed by atoms with E-state index in [9.17, 15) is 4.39 Å². The fourth-order valence-electron chi connectivity index (χ4n) is 1.23. The summed E-state index contributed by atoms with van der Waals surface area (Å²) in [5, 5.41) is 0. The van der Waals surface area contributed by atoms with Crippen molar-refractivity contribution in [2.75, 3.05) is 20.3 Å². The Morgan fingerprint density at radius 2 is 2.20 bits per heavy atom. The molecule has 15 heavy (non-hydrogen) atoms. The molecule has 0 aliphatic heterocycles. The van der Waals surface area contributed by atoms with Gasteiger partial charge in [0.1, 0.15) is 11.6 Å². The predicted molar refractivity (Wildman–Crippen MR) is 56.3 cm³/mol. The van der Waals surface area contributed by atoms with Gasteiger partial charge in [-0.2, -0.15) is 0 Å². The van der Waals surface area contributed by atoms with Gasteiger partial charge in [0.05, 0.1) is 13.7 Å². The van der Waals surface area contributed by atoms with Crippen molar-refractivity contribution in [3.8, 4) is 5.75 Å². The predicted octanol–water partition coefficient (Wildman–Crippen LogP) is 1.70. The number of nitrogens with two attached hydrogens (primary N) is 1. The first-order chi connectivity index (χ1) is 7.27. The van der Waals surface area contributed by atoms with Crippen molar-refractivity contribution >= 4 is 0 Å². The Bertz CT molecular complexity index is 305. The quantitative estimate of drug-likeness (QED) is 0.731. The van der Waals surface area contributed by atoms with Crippen LogP contribution < -0.4 is 10.5 Å². The Balaban J connectivity index is 2.54. The molecule has 0 spiro atoms. The molecule has 1 aromatic rings. The summed E-state index contributed by atoms with van der Waals surface area (Å²) in [5.74, 6) is 0.359. The van der Waals surface area contributed by atoms with Gasteiger partial charge in [-0.3, -0.25) is 0 Å². The van der Waals surface area contributed by atoms with Crippen molar-refractivity contribution in [1.29, 1.82) is 0 Å². The molecule has 0 radical (unpaired) electrons. The fraction of sp³-hybridized carbons (Fsp3) is 0.455. The average molecular weight is 213 g/mol. The number of benzene rings is 1. The van der Waals surface area contributed by atoms with Crippen LogP contribution in [0.1, 0.15) is 12.0 Å². The van der Waals surface area contributed by atoms with E-state index in [0.717, 1.165) is 12.0 Å². The first kappa shape index (κ1) is 11.9. The molecule has 0 heterocycles. The van der Waals surface area contributed by atoms with Gasteiger partial charge in [-0.1, -0.05) is 0 Å². The SMILES string of the molecule is COc1ccc(F)cc1COCCCN. The molecule has 1 rings (SSSR count). The summed E-state index contributed by atoms with van der Waals surface area (Å²) in [6.45, 7) is 1.53. The molecule has 1 aromatic carbocycles. The Hall–Kier alpha value is -1.13. The van der Waals surface area contributed by atoms with E-state index in [-0.39, 0.29) is 5.82 Å². The van der Waals surface area contributed by atoms with Crippen molar-refractivity contribution < 1.29 is 13.9 Å². The number of rotatable bonds is 6. The van der Waals surface area contributed by atoms with Gasteiger partial charge in [-0.05, 0) is 31.2 Å². The zero-order chi connectivity index (χ0) is 11.1. The zero-order valence-corrected chi connectivity index (χ0v) is 8.83. The summed E-state index contributed by atoms with van der Waals surface area (Å²) in [6.07, 6.45) is 0.803. The third kappa shape index (κ3) is 3.85. The molecule has 0 aliphatic carbocycles. The molecular formula is C11H16FNO2. The van der Waals surface area contributed by atoms with Gasteiger partial charge in [0.25, 0.3) is 0 Å². The van der Waals surface area contributed by atoms with Gasteiger partial charge in [0.2, 0.25) is 0 Å². The minimum Gasteiger partial charge on any atom is -0.496 e. The molecular weight excluding hydrogens is 197 g/mol. The Labute approximate surface area is 89.0 Å². The summed E-state index contributed by atoms with van der Waals surface area (Å²) < 4.78 is 23.3.